The molecule has 0 radical (unpaired) electrons. The molecule has 1 aromatic carbocycles. The lowest BCUT2D eigenvalue weighted by Gasteiger charge is -2.07. The van der Waals surface area contributed by atoms with Crippen molar-refractivity contribution in [3.63, 3.8) is 0 Å². The van der Waals surface area contributed by atoms with Crippen LogP contribution < -0.4 is 5.48 Å². The van der Waals surface area contributed by atoms with Crippen molar-refractivity contribution in [2.75, 3.05) is 0 Å². The van der Waals surface area contributed by atoms with E-state index >= 15 is 0 Å². The summed E-state index contributed by atoms with van der Waals surface area (Å²) in [4.78, 5) is 0. The largest absolute Gasteiger partial charge is 0.316 e. The molecule has 0 spiro atoms. The minimum absolute atomic E-state index is 0.157. The molecule has 0 saturated carbocycles. The van der Waals surface area contributed by atoms with Crippen molar-refractivity contribution in [3.05, 3.63) is 35.6 Å². The minimum atomic E-state index is -0.265. The molecule has 0 amide bonds. The molecule has 1 aromatic rings. The summed E-state index contributed by atoms with van der Waals surface area (Å²) in [6.07, 6.45) is 0. The first-order chi connectivity index (χ1) is 5.24. The lowest BCUT2D eigenvalue weighted by molar-refractivity contribution is 0.133. The molecule has 3 heteroatoms. The molecule has 1 atom stereocenters. The smallest absolute Gasteiger partial charge is 0.123 e. The van der Waals surface area contributed by atoms with Gasteiger partial charge in [-0.3, -0.25) is 0 Å². The zero-order valence-corrected chi connectivity index (χ0v) is 6.21. The predicted octanol–water partition coefficient (Wildman–Crippen LogP) is 1.87. The highest BCUT2D eigenvalue weighted by atomic mass is 19.1. The van der Waals surface area contributed by atoms with E-state index in [0.29, 0.717) is 0 Å². The molecule has 1 rings (SSSR count). The third-order valence-corrected chi connectivity index (χ3v) is 1.56. The summed E-state index contributed by atoms with van der Waals surface area (Å²) in [5, 5.41) is 8.51. The Morgan fingerprint density at radius 3 is 2.36 bits per heavy atom. The number of nitrogens with one attached hydrogen (secondary N) is 1. The zero-order chi connectivity index (χ0) is 8.27. The van der Waals surface area contributed by atoms with Crippen LogP contribution >= 0.6 is 0 Å². The zero-order valence-electron chi connectivity index (χ0n) is 6.21. The van der Waals surface area contributed by atoms with Gasteiger partial charge in [-0.25, -0.2) is 4.39 Å². The van der Waals surface area contributed by atoms with E-state index in [-0.39, 0.29) is 11.9 Å². The van der Waals surface area contributed by atoms with E-state index < -0.39 is 0 Å². The summed E-state index contributed by atoms with van der Waals surface area (Å²) in [7, 11) is 0. The highest BCUT2D eigenvalue weighted by Crippen LogP contribution is 2.11. The third kappa shape index (κ3) is 2.00. The number of benzene rings is 1. The van der Waals surface area contributed by atoms with Gasteiger partial charge < -0.3 is 5.21 Å². The maximum Gasteiger partial charge on any atom is 0.123 e. The Bertz CT molecular complexity index is 222. The molecular formula is C8H10FNO. The fourth-order valence-electron chi connectivity index (χ4n) is 0.826. The maximum absolute atomic E-state index is 12.4. The topological polar surface area (TPSA) is 32.3 Å². The van der Waals surface area contributed by atoms with Crippen molar-refractivity contribution in [1.29, 1.82) is 0 Å². The van der Waals surface area contributed by atoms with Gasteiger partial charge in [-0.15, -0.1) is 0 Å². The van der Waals surface area contributed by atoms with Gasteiger partial charge in [0.05, 0.1) is 6.04 Å². The summed E-state index contributed by atoms with van der Waals surface area (Å²) in [6.45, 7) is 1.78. The van der Waals surface area contributed by atoms with E-state index in [1.165, 1.54) is 12.1 Å². The van der Waals surface area contributed by atoms with E-state index in [4.69, 9.17) is 5.21 Å². The first-order valence-corrected chi connectivity index (χ1v) is 3.39. The molecule has 0 heterocycles. The highest BCUT2D eigenvalue weighted by Gasteiger charge is 2.01. The monoisotopic (exact) mass is 155 g/mol. The van der Waals surface area contributed by atoms with Crippen LogP contribution in [0.25, 0.3) is 0 Å². The summed E-state index contributed by atoms with van der Waals surface area (Å²) in [6, 6.07) is 5.83. The molecule has 1 unspecified atom stereocenters. The number of rotatable bonds is 2. The van der Waals surface area contributed by atoms with Crippen LogP contribution in [0.5, 0.6) is 0 Å². The second-order valence-corrected chi connectivity index (χ2v) is 2.40. The van der Waals surface area contributed by atoms with Gasteiger partial charge in [-0.1, -0.05) is 12.1 Å². The lowest BCUT2D eigenvalue weighted by Crippen LogP contribution is -2.12. The van der Waals surface area contributed by atoms with Crippen molar-refractivity contribution in [2.45, 2.75) is 13.0 Å². The van der Waals surface area contributed by atoms with Crippen LogP contribution in [0.15, 0.2) is 24.3 Å². The molecule has 0 aromatic heterocycles. The lowest BCUT2D eigenvalue weighted by atomic mass is 10.1. The van der Waals surface area contributed by atoms with Gasteiger partial charge in [0, 0.05) is 0 Å². The quantitative estimate of drug-likeness (QED) is 0.639. The molecule has 11 heavy (non-hydrogen) atoms. The molecule has 0 aliphatic rings. The fraction of sp³-hybridized carbons (Fsp3) is 0.250. The molecule has 2 N–H and O–H groups in total. The molecular weight excluding hydrogens is 145 g/mol. The Hall–Kier alpha value is -0.930. The van der Waals surface area contributed by atoms with E-state index in [0.717, 1.165) is 5.56 Å². The average molecular weight is 155 g/mol. The molecule has 0 aliphatic heterocycles. The van der Waals surface area contributed by atoms with Crippen molar-refractivity contribution in [3.8, 4) is 0 Å². The molecule has 0 fully saturated rings. The Balaban J connectivity index is 2.81. The maximum atomic E-state index is 12.4. The van der Waals surface area contributed by atoms with Crippen LogP contribution in [0.1, 0.15) is 18.5 Å². The Morgan fingerprint density at radius 1 is 1.36 bits per heavy atom. The van der Waals surface area contributed by atoms with Crippen molar-refractivity contribution >= 4 is 0 Å². The van der Waals surface area contributed by atoms with E-state index in [9.17, 15) is 4.39 Å². The summed E-state index contributed by atoms with van der Waals surface area (Å²) in [5.74, 6) is -0.265. The highest BCUT2D eigenvalue weighted by molar-refractivity contribution is 5.18. The Kier molecular flexibility index (Phi) is 2.57. The summed E-state index contributed by atoms with van der Waals surface area (Å²) < 4.78 is 12.4. The van der Waals surface area contributed by atoms with E-state index in [2.05, 4.69) is 5.48 Å². The first kappa shape index (κ1) is 8.17. The van der Waals surface area contributed by atoms with Crippen LogP contribution in [0.3, 0.4) is 0 Å². The first-order valence-electron chi connectivity index (χ1n) is 3.39. The van der Waals surface area contributed by atoms with Gasteiger partial charge in [0.15, 0.2) is 0 Å². The van der Waals surface area contributed by atoms with Gasteiger partial charge in [0.2, 0.25) is 0 Å². The average Bonchev–Trinajstić information content (AvgIpc) is 2.05. The number of hydrogen-bond donors (Lipinski definition) is 2. The molecule has 0 saturated heterocycles. The van der Waals surface area contributed by atoms with Crippen molar-refractivity contribution in [2.24, 2.45) is 0 Å². The summed E-state index contributed by atoms with van der Waals surface area (Å²) >= 11 is 0. The normalized spacial score (nSPS) is 13.0. The molecule has 2 nitrogen and oxygen atoms in total. The number of hydrogen-bond acceptors (Lipinski definition) is 2. The molecule has 0 bridgehead atoms. The number of hydroxylamine groups is 1. The van der Waals surface area contributed by atoms with Gasteiger partial charge in [-0.2, -0.15) is 5.48 Å². The van der Waals surface area contributed by atoms with Gasteiger partial charge >= 0.3 is 0 Å². The standard InChI is InChI=1S/C8H10FNO/c1-6(10-11)7-2-4-8(9)5-3-7/h2-6,10-11H,1H3. The van der Waals surface area contributed by atoms with Gasteiger partial charge in [0.25, 0.3) is 0 Å². The predicted molar refractivity (Wildman–Crippen MR) is 39.7 cm³/mol. The van der Waals surface area contributed by atoms with Crippen molar-refractivity contribution < 1.29 is 9.60 Å². The van der Waals surface area contributed by atoms with Crippen molar-refractivity contribution in [1.82, 2.24) is 5.48 Å². The Morgan fingerprint density at radius 2 is 1.91 bits per heavy atom. The van der Waals surface area contributed by atoms with Crippen LogP contribution in [-0.2, 0) is 0 Å². The van der Waals surface area contributed by atoms with Crippen LogP contribution in [0, 0.1) is 5.82 Å². The van der Waals surface area contributed by atoms with Crippen LogP contribution in [0.4, 0.5) is 4.39 Å². The van der Waals surface area contributed by atoms with Crippen LogP contribution in [0.2, 0.25) is 0 Å². The third-order valence-electron chi connectivity index (χ3n) is 1.56. The fourth-order valence-corrected chi connectivity index (χ4v) is 0.826. The van der Waals surface area contributed by atoms with E-state index in [1.54, 1.807) is 19.1 Å². The van der Waals surface area contributed by atoms with Crippen LogP contribution in [-0.4, -0.2) is 5.21 Å². The second-order valence-electron chi connectivity index (χ2n) is 2.40. The SMILES string of the molecule is CC(NO)c1ccc(F)cc1. The van der Waals surface area contributed by atoms with Gasteiger partial charge in [0.1, 0.15) is 5.82 Å². The van der Waals surface area contributed by atoms with Gasteiger partial charge in [-0.05, 0) is 24.6 Å². The Labute approximate surface area is 64.6 Å². The molecule has 0 aliphatic carbocycles. The number of halogens is 1. The molecule has 60 valence electrons. The van der Waals surface area contributed by atoms with E-state index in [1.807, 2.05) is 0 Å². The summed E-state index contributed by atoms with van der Waals surface area (Å²) in [5.41, 5.74) is 2.93. The second kappa shape index (κ2) is 3.46. The minimum Gasteiger partial charge on any atom is -0.316 e.